The predicted octanol–water partition coefficient (Wildman–Crippen LogP) is 6.83. The lowest BCUT2D eigenvalue weighted by atomic mass is 9.88. The minimum atomic E-state index is -4.38. The summed E-state index contributed by atoms with van der Waals surface area (Å²) >= 11 is 12.3. The molecule has 3 heterocycles. The predicted molar refractivity (Wildman–Crippen MR) is 125 cm³/mol. The number of nitrogen functional groups attached to an aromatic ring is 1. The Bertz CT molecular complexity index is 1180. The quantitative estimate of drug-likeness (QED) is 0.392. The van der Waals surface area contributed by atoms with Gasteiger partial charge in [-0.3, -0.25) is 4.98 Å². The summed E-state index contributed by atoms with van der Waals surface area (Å²) in [6.45, 7) is 2.89. The van der Waals surface area contributed by atoms with Crippen molar-refractivity contribution in [2.24, 2.45) is 0 Å². The molecule has 0 bridgehead atoms. The molecule has 3 aromatic rings. The van der Waals surface area contributed by atoms with Crippen LogP contribution in [0.4, 0.5) is 19.0 Å². The summed E-state index contributed by atoms with van der Waals surface area (Å²) in [5, 5.41) is 1.06. The van der Waals surface area contributed by atoms with Crippen molar-refractivity contribution in [1.82, 2.24) is 9.97 Å². The van der Waals surface area contributed by atoms with Crippen LogP contribution in [0.15, 0.2) is 48.8 Å². The van der Waals surface area contributed by atoms with Gasteiger partial charge in [0.1, 0.15) is 6.10 Å². The minimum absolute atomic E-state index is 0.0860. The number of aromatic nitrogens is 2. The van der Waals surface area contributed by atoms with Crippen LogP contribution in [-0.2, 0) is 11.2 Å². The first-order chi connectivity index (χ1) is 15.9. The van der Waals surface area contributed by atoms with Gasteiger partial charge >= 0.3 is 6.18 Å². The summed E-state index contributed by atoms with van der Waals surface area (Å²) in [7, 11) is 0. The van der Waals surface area contributed by atoms with Gasteiger partial charge in [0, 0.05) is 57.7 Å². The second kappa shape index (κ2) is 9.24. The fourth-order valence-corrected chi connectivity index (χ4v) is 4.28. The standard InChI is InChI=1S/C24H22Cl2F3N3O2/c1-13(19-8-16(25)4-6-20(19)26)33-21-7-15(12-32-22(21)30)14-3-5-17(31-11-14)9-18-10-23(2,34-18)24(27,28)29/h3-8,11-13,18H,9-10H2,1-2H3,(H2,30,32). The average molecular weight is 512 g/mol. The highest BCUT2D eigenvalue weighted by Gasteiger charge is 2.60. The number of ether oxygens (including phenoxy) is 2. The van der Waals surface area contributed by atoms with Gasteiger partial charge in [0.05, 0.1) is 6.10 Å². The number of alkyl halides is 3. The van der Waals surface area contributed by atoms with Gasteiger partial charge in [-0.1, -0.05) is 29.3 Å². The van der Waals surface area contributed by atoms with Crippen LogP contribution in [0.25, 0.3) is 11.1 Å². The van der Waals surface area contributed by atoms with E-state index in [2.05, 4.69) is 9.97 Å². The van der Waals surface area contributed by atoms with Gasteiger partial charge in [-0.2, -0.15) is 13.2 Å². The Balaban J connectivity index is 1.45. The topological polar surface area (TPSA) is 70.3 Å². The Morgan fingerprint density at radius 1 is 1.15 bits per heavy atom. The zero-order chi connectivity index (χ0) is 24.7. The van der Waals surface area contributed by atoms with E-state index in [1.165, 1.54) is 0 Å². The number of halogens is 5. The second-order valence-electron chi connectivity index (χ2n) is 8.45. The third kappa shape index (κ3) is 5.09. The molecule has 1 saturated heterocycles. The smallest absolute Gasteiger partial charge is 0.417 e. The summed E-state index contributed by atoms with van der Waals surface area (Å²) in [4.78, 5) is 8.59. The zero-order valence-electron chi connectivity index (χ0n) is 18.4. The number of benzene rings is 1. The lowest BCUT2D eigenvalue weighted by Gasteiger charge is -2.46. The highest BCUT2D eigenvalue weighted by Crippen LogP contribution is 2.46. The van der Waals surface area contributed by atoms with E-state index in [1.54, 1.807) is 42.7 Å². The van der Waals surface area contributed by atoms with E-state index in [1.807, 2.05) is 13.0 Å². The Labute approximate surface area is 205 Å². The number of hydrogen-bond donors (Lipinski definition) is 1. The average Bonchev–Trinajstić information content (AvgIpc) is 2.75. The summed E-state index contributed by atoms with van der Waals surface area (Å²) in [5.41, 5.74) is 6.76. The molecule has 0 spiro atoms. The molecule has 0 amide bonds. The molecule has 1 fully saturated rings. The molecule has 34 heavy (non-hydrogen) atoms. The number of nitrogens with zero attached hydrogens (tertiary/aromatic N) is 2. The maximum atomic E-state index is 12.9. The SMILES string of the molecule is CC(Oc1cc(-c2ccc(CC3CC(C)(C(F)(F)F)O3)nc2)cnc1N)c1cc(Cl)ccc1Cl. The van der Waals surface area contributed by atoms with Gasteiger partial charge in [0.25, 0.3) is 0 Å². The fraction of sp³-hybridized carbons (Fsp3) is 0.333. The molecular formula is C24H22Cl2F3N3O2. The first kappa shape index (κ1) is 24.6. The van der Waals surface area contributed by atoms with Crippen LogP contribution in [0, 0.1) is 0 Å². The van der Waals surface area contributed by atoms with E-state index in [-0.39, 0.29) is 12.2 Å². The molecular weight excluding hydrogens is 490 g/mol. The first-order valence-electron chi connectivity index (χ1n) is 10.5. The largest absolute Gasteiger partial charge is 0.482 e. The molecule has 10 heteroatoms. The molecule has 0 aliphatic carbocycles. The molecule has 0 saturated carbocycles. The molecule has 2 N–H and O–H groups in total. The van der Waals surface area contributed by atoms with E-state index in [0.717, 1.165) is 18.1 Å². The Hall–Kier alpha value is -2.55. The van der Waals surface area contributed by atoms with Crippen LogP contribution in [0.3, 0.4) is 0 Å². The molecule has 3 atom stereocenters. The van der Waals surface area contributed by atoms with Gasteiger partial charge in [0.15, 0.2) is 17.2 Å². The van der Waals surface area contributed by atoms with Crippen LogP contribution in [0.1, 0.15) is 37.6 Å². The number of rotatable bonds is 6. The molecule has 1 aliphatic rings. The molecule has 4 rings (SSSR count). The van der Waals surface area contributed by atoms with Crippen molar-refractivity contribution in [3.63, 3.8) is 0 Å². The van der Waals surface area contributed by atoms with Crippen molar-refractivity contribution < 1.29 is 22.6 Å². The van der Waals surface area contributed by atoms with Gasteiger partial charge in [0.2, 0.25) is 0 Å². The molecule has 2 aromatic heterocycles. The molecule has 3 unspecified atom stereocenters. The van der Waals surface area contributed by atoms with Gasteiger partial charge in [-0.05, 0) is 44.2 Å². The lowest BCUT2D eigenvalue weighted by Crippen LogP contribution is -2.58. The highest BCUT2D eigenvalue weighted by atomic mass is 35.5. The van der Waals surface area contributed by atoms with Crippen molar-refractivity contribution in [3.05, 3.63) is 70.1 Å². The van der Waals surface area contributed by atoms with Crippen LogP contribution in [0.2, 0.25) is 10.0 Å². The van der Waals surface area contributed by atoms with Crippen LogP contribution < -0.4 is 10.5 Å². The number of hydrogen-bond acceptors (Lipinski definition) is 5. The fourth-order valence-electron chi connectivity index (χ4n) is 3.83. The summed E-state index contributed by atoms with van der Waals surface area (Å²) in [5.74, 6) is 0.590. The van der Waals surface area contributed by atoms with Gasteiger partial charge in [-0.15, -0.1) is 0 Å². The monoisotopic (exact) mass is 511 g/mol. The first-order valence-corrected chi connectivity index (χ1v) is 11.3. The van der Waals surface area contributed by atoms with Crippen molar-refractivity contribution >= 4 is 29.0 Å². The van der Waals surface area contributed by atoms with Crippen molar-refractivity contribution in [1.29, 1.82) is 0 Å². The van der Waals surface area contributed by atoms with Crippen LogP contribution >= 0.6 is 23.2 Å². The van der Waals surface area contributed by atoms with Gasteiger partial charge < -0.3 is 15.2 Å². The van der Waals surface area contributed by atoms with Crippen molar-refractivity contribution in [2.45, 2.75) is 50.7 Å². The Morgan fingerprint density at radius 3 is 2.50 bits per heavy atom. The van der Waals surface area contributed by atoms with Gasteiger partial charge in [-0.25, -0.2) is 4.98 Å². The summed E-state index contributed by atoms with van der Waals surface area (Å²) < 4.78 is 49.9. The number of nitrogens with two attached hydrogens (primary N) is 1. The number of pyridine rings is 2. The van der Waals surface area contributed by atoms with E-state index in [0.29, 0.717) is 33.5 Å². The Morgan fingerprint density at radius 2 is 1.85 bits per heavy atom. The third-order valence-corrected chi connectivity index (χ3v) is 6.40. The molecule has 180 valence electrons. The highest BCUT2D eigenvalue weighted by molar-refractivity contribution is 6.33. The normalized spacial score (nSPS) is 21.1. The molecule has 1 aliphatic heterocycles. The van der Waals surface area contributed by atoms with Crippen molar-refractivity contribution in [3.8, 4) is 16.9 Å². The Kier molecular flexibility index (Phi) is 6.68. The van der Waals surface area contributed by atoms with E-state index >= 15 is 0 Å². The maximum Gasteiger partial charge on any atom is 0.417 e. The minimum Gasteiger partial charge on any atom is -0.482 e. The third-order valence-electron chi connectivity index (χ3n) is 5.82. The molecule has 5 nitrogen and oxygen atoms in total. The summed E-state index contributed by atoms with van der Waals surface area (Å²) in [6, 6.07) is 10.4. The van der Waals surface area contributed by atoms with E-state index < -0.39 is 24.0 Å². The van der Waals surface area contributed by atoms with Crippen molar-refractivity contribution in [2.75, 3.05) is 5.73 Å². The molecule has 0 radical (unpaired) electrons. The zero-order valence-corrected chi connectivity index (χ0v) is 19.9. The second-order valence-corrected chi connectivity index (χ2v) is 9.29. The lowest BCUT2D eigenvalue weighted by molar-refractivity contribution is -0.342. The van der Waals surface area contributed by atoms with E-state index in [9.17, 15) is 13.2 Å². The van der Waals surface area contributed by atoms with Crippen LogP contribution in [-0.4, -0.2) is 27.8 Å². The van der Waals surface area contributed by atoms with E-state index in [4.69, 9.17) is 38.4 Å². The summed E-state index contributed by atoms with van der Waals surface area (Å²) in [6.07, 6.45) is -1.88. The molecule has 1 aromatic carbocycles. The van der Waals surface area contributed by atoms with Crippen LogP contribution in [0.5, 0.6) is 5.75 Å². The maximum absolute atomic E-state index is 12.9. The number of anilines is 1.